The molecule has 4 heteroatoms. The van der Waals surface area contributed by atoms with Crippen LogP contribution < -0.4 is 0 Å². The summed E-state index contributed by atoms with van der Waals surface area (Å²) in [6, 6.07) is 5.39. The lowest BCUT2D eigenvalue weighted by Crippen LogP contribution is -2.06. The molecule has 0 amide bonds. The summed E-state index contributed by atoms with van der Waals surface area (Å²) in [5, 5.41) is 1.36. The second-order valence-corrected chi connectivity index (χ2v) is 4.44. The van der Waals surface area contributed by atoms with Crippen molar-refractivity contribution in [3.8, 4) is 0 Å². The Kier molecular flexibility index (Phi) is 3.52. The van der Waals surface area contributed by atoms with E-state index in [0.29, 0.717) is 16.7 Å². The van der Waals surface area contributed by atoms with Crippen LogP contribution in [0.3, 0.4) is 0 Å². The monoisotopic (exact) mass is 246 g/mol. The van der Waals surface area contributed by atoms with Gasteiger partial charge in [-0.25, -0.2) is 0 Å². The average Bonchev–Trinajstić information content (AvgIpc) is 3.02. The smallest absolute Gasteiger partial charge is 0.104 e. The van der Waals surface area contributed by atoms with Crippen LogP contribution in [0.1, 0.15) is 18.6 Å². The van der Waals surface area contributed by atoms with E-state index in [2.05, 4.69) is 0 Å². The Labute approximate surface area is 99.1 Å². The Hall–Kier alpha value is -0.280. The molecule has 0 spiro atoms. The molecule has 1 fully saturated rings. The zero-order chi connectivity index (χ0) is 10.8. The molecule has 0 aromatic heterocycles. The van der Waals surface area contributed by atoms with Gasteiger partial charge in [0.2, 0.25) is 0 Å². The van der Waals surface area contributed by atoms with Crippen LogP contribution in [0.4, 0.5) is 0 Å². The minimum absolute atomic E-state index is 0.0552. The molecule has 2 rings (SSSR count). The molecule has 82 valence electrons. The molecule has 1 aromatic carbocycles. The summed E-state index contributed by atoms with van der Waals surface area (Å²) in [5.74, 6) is 0. The van der Waals surface area contributed by atoms with E-state index >= 15 is 0 Å². The fraction of sp³-hybridized carbons (Fsp3) is 0.455. The summed E-state index contributed by atoms with van der Waals surface area (Å²) in [7, 11) is 0. The van der Waals surface area contributed by atoms with Gasteiger partial charge in [0.25, 0.3) is 0 Å². The van der Waals surface area contributed by atoms with E-state index in [-0.39, 0.29) is 12.2 Å². The number of rotatable bonds is 4. The molecule has 0 saturated carbocycles. The van der Waals surface area contributed by atoms with Gasteiger partial charge in [-0.1, -0.05) is 23.2 Å². The molecule has 15 heavy (non-hydrogen) atoms. The molecule has 2 nitrogen and oxygen atoms in total. The molecule has 2 unspecified atom stereocenters. The predicted molar refractivity (Wildman–Crippen MR) is 60.6 cm³/mol. The fourth-order valence-electron chi connectivity index (χ4n) is 1.33. The van der Waals surface area contributed by atoms with Crippen LogP contribution in [0, 0.1) is 0 Å². The topological polar surface area (TPSA) is 21.8 Å². The average molecular weight is 247 g/mol. The molecule has 0 aliphatic carbocycles. The molecular formula is C11H12Cl2O2. The Morgan fingerprint density at radius 3 is 2.93 bits per heavy atom. The highest BCUT2D eigenvalue weighted by Gasteiger charge is 2.24. The van der Waals surface area contributed by atoms with Crippen molar-refractivity contribution in [2.24, 2.45) is 0 Å². The first kappa shape index (κ1) is 11.2. The van der Waals surface area contributed by atoms with Crippen molar-refractivity contribution in [2.45, 2.75) is 19.1 Å². The van der Waals surface area contributed by atoms with E-state index in [0.717, 1.165) is 12.2 Å². The van der Waals surface area contributed by atoms with Crippen LogP contribution in [-0.2, 0) is 9.47 Å². The largest absolute Gasteiger partial charge is 0.371 e. The van der Waals surface area contributed by atoms with Crippen molar-refractivity contribution in [1.82, 2.24) is 0 Å². The molecule has 0 N–H and O–H groups in total. The van der Waals surface area contributed by atoms with Gasteiger partial charge >= 0.3 is 0 Å². The summed E-state index contributed by atoms with van der Waals surface area (Å²) >= 11 is 11.9. The highest BCUT2D eigenvalue weighted by molar-refractivity contribution is 6.33. The van der Waals surface area contributed by atoms with Gasteiger partial charge in [0.1, 0.15) is 6.10 Å². The number of ether oxygens (including phenoxy) is 2. The van der Waals surface area contributed by atoms with Gasteiger partial charge in [-0.05, 0) is 25.1 Å². The van der Waals surface area contributed by atoms with Gasteiger partial charge < -0.3 is 9.47 Å². The second kappa shape index (κ2) is 4.71. The molecule has 0 bridgehead atoms. The Balaban J connectivity index is 2.02. The van der Waals surface area contributed by atoms with Gasteiger partial charge in [-0.2, -0.15) is 0 Å². The molecule has 1 heterocycles. The minimum atomic E-state index is -0.0552. The third-order valence-corrected chi connectivity index (χ3v) is 2.91. The van der Waals surface area contributed by atoms with Crippen LogP contribution in [0.15, 0.2) is 18.2 Å². The number of epoxide rings is 1. The summed E-state index contributed by atoms with van der Waals surface area (Å²) in [6.07, 6.45) is 0.214. The Bertz CT molecular complexity index is 350. The van der Waals surface area contributed by atoms with Gasteiger partial charge in [0, 0.05) is 15.6 Å². The quantitative estimate of drug-likeness (QED) is 0.760. The molecule has 2 atom stereocenters. The maximum atomic E-state index is 6.05. The van der Waals surface area contributed by atoms with Crippen molar-refractivity contribution in [2.75, 3.05) is 13.2 Å². The van der Waals surface area contributed by atoms with Crippen LogP contribution in [0.25, 0.3) is 0 Å². The lowest BCUT2D eigenvalue weighted by molar-refractivity contribution is 0.0540. The van der Waals surface area contributed by atoms with Gasteiger partial charge in [0.15, 0.2) is 0 Å². The zero-order valence-electron chi connectivity index (χ0n) is 8.37. The summed E-state index contributed by atoms with van der Waals surface area (Å²) in [6.45, 7) is 3.37. The first-order chi connectivity index (χ1) is 7.16. The first-order valence-electron chi connectivity index (χ1n) is 4.85. The number of hydrogen-bond acceptors (Lipinski definition) is 2. The summed E-state index contributed by atoms with van der Waals surface area (Å²) in [5.41, 5.74) is 0.921. The fourth-order valence-corrected chi connectivity index (χ4v) is 1.78. The van der Waals surface area contributed by atoms with Crippen molar-refractivity contribution in [3.63, 3.8) is 0 Å². The van der Waals surface area contributed by atoms with E-state index in [4.69, 9.17) is 32.7 Å². The molecule has 1 aliphatic rings. The Morgan fingerprint density at radius 2 is 2.27 bits per heavy atom. The summed E-state index contributed by atoms with van der Waals surface area (Å²) < 4.78 is 10.7. The number of halogens is 2. The van der Waals surface area contributed by atoms with Gasteiger partial charge in [0.05, 0.1) is 19.3 Å². The van der Waals surface area contributed by atoms with E-state index in [9.17, 15) is 0 Å². The van der Waals surface area contributed by atoms with Gasteiger partial charge in [-0.15, -0.1) is 0 Å². The lowest BCUT2D eigenvalue weighted by Gasteiger charge is -2.14. The van der Waals surface area contributed by atoms with Crippen molar-refractivity contribution in [3.05, 3.63) is 33.8 Å². The van der Waals surface area contributed by atoms with E-state index in [1.807, 2.05) is 13.0 Å². The molecule has 0 radical (unpaired) electrons. The number of benzene rings is 1. The number of hydrogen-bond donors (Lipinski definition) is 0. The Morgan fingerprint density at radius 1 is 1.53 bits per heavy atom. The second-order valence-electron chi connectivity index (χ2n) is 3.60. The highest BCUT2D eigenvalue weighted by Crippen LogP contribution is 2.28. The van der Waals surface area contributed by atoms with Crippen molar-refractivity contribution >= 4 is 23.2 Å². The predicted octanol–water partition coefficient (Wildman–Crippen LogP) is 3.47. The van der Waals surface area contributed by atoms with E-state index < -0.39 is 0 Å². The van der Waals surface area contributed by atoms with Crippen LogP contribution in [-0.4, -0.2) is 19.3 Å². The molecule has 1 aromatic rings. The third-order valence-electron chi connectivity index (χ3n) is 2.33. The SMILES string of the molecule is CC(OCC1CO1)c1cc(Cl)ccc1Cl. The van der Waals surface area contributed by atoms with Crippen LogP contribution in [0.2, 0.25) is 10.0 Å². The third kappa shape index (κ3) is 3.08. The highest BCUT2D eigenvalue weighted by atomic mass is 35.5. The van der Waals surface area contributed by atoms with Crippen LogP contribution >= 0.6 is 23.2 Å². The maximum absolute atomic E-state index is 6.05. The van der Waals surface area contributed by atoms with E-state index in [1.165, 1.54) is 0 Å². The standard InChI is InChI=1S/C11H12Cl2O2/c1-7(14-5-9-6-15-9)10-4-8(12)2-3-11(10)13/h2-4,7,9H,5-6H2,1H3. The first-order valence-corrected chi connectivity index (χ1v) is 5.60. The summed E-state index contributed by atoms with van der Waals surface area (Å²) in [4.78, 5) is 0. The lowest BCUT2D eigenvalue weighted by atomic mass is 10.1. The van der Waals surface area contributed by atoms with E-state index in [1.54, 1.807) is 12.1 Å². The normalized spacial score (nSPS) is 21.4. The van der Waals surface area contributed by atoms with Gasteiger partial charge in [-0.3, -0.25) is 0 Å². The van der Waals surface area contributed by atoms with Crippen LogP contribution in [0.5, 0.6) is 0 Å². The molecule has 1 saturated heterocycles. The molecule has 1 aliphatic heterocycles. The molecular weight excluding hydrogens is 235 g/mol. The van der Waals surface area contributed by atoms with Crippen molar-refractivity contribution in [1.29, 1.82) is 0 Å². The minimum Gasteiger partial charge on any atom is -0.371 e. The maximum Gasteiger partial charge on any atom is 0.104 e. The van der Waals surface area contributed by atoms with Crippen molar-refractivity contribution < 1.29 is 9.47 Å². The zero-order valence-corrected chi connectivity index (χ0v) is 9.89.